The predicted molar refractivity (Wildman–Crippen MR) is 134 cm³/mol. The summed E-state index contributed by atoms with van der Waals surface area (Å²) in [6.07, 6.45) is 2.87. The van der Waals surface area contributed by atoms with E-state index < -0.39 is 11.9 Å². The van der Waals surface area contributed by atoms with Gasteiger partial charge in [-0.1, -0.05) is 18.3 Å². The van der Waals surface area contributed by atoms with Gasteiger partial charge in [-0.25, -0.2) is 14.8 Å². The van der Waals surface area contributed by atoms with Crippen LogP contribution in [-0.2, 0) is 35.5 Å². The topological polar surface area (TPSA) is 106 Å². The maximum atomic E-state index is 13.6. The van der Waals surface area contributed by atoms with E-state index in [-0.39, 0.29) is 18.7 Å². The fourth-order valence-corrected chi connectivity index (χ4v) is 6.44. The van der Waals surface area contributed by atoms with Crippen LogP contribution >= 0.6 is 22.7 Å². The Morgan fingerprint density at radius 1 is 1.26 bits per heavy atom. The summed E-state index contributed by atoms with van der Waals surface area (Å²) in [5.41, 5.74) is 1.41. The lowest BCUT2D eigenvalue weighted by atomic mass is 9.89. The van der Waals surface area contributed by atoms with Crippen molar-refractivity contribution in [3.8, 4) is 0 Å². The SMILES string of the molecule is CCOC(=O)c1sc(NC(=O)Cn2c(CN(C)C)nc3sc4c(c3c2=O)CCC(C)C4)nc1C. The molecule has 0 fully saturated rings. The van der Waals surface area contributed by atoms with E-state index in [4.69, 9.17) is 9.72 Å². The molecule has 1 unspecified atom stereocenters. The second kappa shape index (κ2) is 9.93. The number of aromatic nitrogens is 3. The normalized spacial score (nSPS) is 15.5. The van der Waals surface area contributed by atoms with Crippen molar-refractivity contribution >= 4 is 49.9 Å². The summed E-state index contributed by atoms with van der Waals surface area (Å²) in [5.74, 6) is 0.279. The van der Waals surface area contributed by atoms with Gasteiger partial charge in [0.05, 0.1) is 24.2 Å². The number of hydrogen-bond donors (Lipinski definition) is 1. The van der Waals surface area contributed by atoms with Gasteiger partial charge in [-0.3, -0.25) is 14.2 Å². The summed E-state index contributed by atoms with van der Waals surface area (Å²) in [5, 5.41) is 3.67. The highest BCUT2D eigenvalue weighted by atomic mass is 32.1. The number of hydrogen-bond acceptors (Lipinski definition) is 9. The number of thiophene rings is 1. The van der Waals surface area contributed by atoms with Gasteiger partial charge in [0, 0.05) is 4.88 Å². The largest absolute Gasteiger partial charge is 0.462 e. The molecule has 3 aromatic heterocycles. The highest BCUT2D eigenvalue weighted by Crippen LogP contribution is 2.36. The summed E-state index contributed by atoms with van der Waals surface area (Å²) >= 11 is 2.67. The number of fused-ring (bicyclic) bond motifs is 3. The number of thiazole rings is 1. The number of anilines is 1. The lowest BCUT2D eigenvalue weighted by molar-refractivity contribution is -0.116. The molecule has 1 atom stereocenters. The lowest BCUT2D eigenvalue weighted by Crippen LogP contribution is -2.33. The quantitative estimate of drug-likeness (QED) is 0.494. The van der Waals surface area contributed by atoms with Gasteiger partial charge >= 0.3 is 5.97 Å². The van der Waals surface area contributed by atoms with Crippen LogP contribution in [0.25, 0.3) is 10.2 Å². The van der Waals surface area contributed by atoms with Gasteiger partial charge in [0.25, 0.3) is 5.56 Å². The number of nitrogens with one attached hydrogen (secondary N) is 1. The van der Waals surface area contributed by atoms with Gasteiger partial charge in [-0.05, 0) is 58.7 Å². The molecule has 0 aliphatic heterocycles. The number of amides is 1. The third kappa shape index (κ3) is 4.91. The Kier molecular flexibility index (Phi) is 7.15. The van der Waals surface area contributed by atoms with Crippen LogP contribution in [0.3, 0.4) is 0 Å². The Morgan fingerprint density at radius 3 is 2.74 bits per heavy atom. The Labute approximate surface area is 205 Å². The molecule has 3 heterocycles. The molecule has 11 heteroatoms. The first kappa shape index (κ1) is 24.5. The van der Waals surface area contributed by atoms with Crippen molar-refractivity contribution in [1.82, 2.24) is 19.4 Å². The Morgan fingerprint density at radius 2 is 2.03 bits per heavy atom. The van der Waals surface area contributed by atoms with E-state index in [1.807, 2.05) is 19.0 Å². The van der Waals surface area contributed by atoms with Gasteiger partial charge in [-0.15, -0.1) is 11.3 Å². The fourth-order valence-electron chi connectivity index (χ4n) is 4.17. The highest BCUT2D eigenvalue weighted by molar-refractivity contribution is 7.19. The zero-order valence-corrected chi connectivity index (χ0v) is 21.7. The van der Waals surface area contributed by atoms with Gasteiger partial charge in [0.1, 0.15) is 22.1 Å². The second-order valence-corrected chi connectivity index (χ2v) is 11.0. The molecular formula is C23H29N5O4S2. The van der Waals surface area contributed by atoms with Crippen molar-refractivity contribution in [2.24, 2.45) is 5.92 Å². The van der Waals surface area contributed by atoms with Crippen LogP contribution < -0.4 is 10.9 Å². The summed E-state index contributed by atoms with van der Waals surface area (Å²) < 4.78 is 6.51. The predicted octanol–water partition coefficient (Wildman–Crippen LogP) is 3.22. The molecule has 1 aliphatic carbocycles. The van der Waals surface area contributed by atoms with Crippen LogP contribution in [-0.4, -0.2) is 52.0 Å². The maximum Gasteiger partial charge on any atom is 0.350 e. The van der Waals surface area contributed by atoms with Gasteiger partial charge in [0.15, 0.2) is 5.13 Å². The smallest absolute Gasteiger partial charge is 0.350 e. The average Bonchev–Trinajstić information content (AvgIpc) is 3.29. The molecule has 182 valence electrons. The Hall–Kier alpha value is -2.63. The van der Waals surface area contributed by atoms with E-state index in [0.29, 0.717) is 39.4 Å². The lowest BCUT2D eigenvalue weighted by Gasteiger charge is -2.18. The molecule has 1 N–H and O–H groups in total. The van der Waals surface area contributed by atoms with Crippen molar-refractivity contribution in [2.75, 3.05) is 26.0 Å². The second-order valence-electron chi connectivity index (χ2n) is 8.89. The molecule has 3 aromatic rings. The highest BCUT2D eigenvalue weighted by Gasteiger charge is 2.25. The molecule has 0 spiro atoms. The van der Waals surface area contributed by atoms with E-state index in [1.165, 1.54) is 9.44 Å². The van der Waals surface area contributed by atoms with Crippen molar-refractivity contribution in [2.45, 2.75) is 53.1 Å². The molecule has 0 saturated carbocycles. The molecule has 0 radical (unpaired) electrons. The van der Waals surface area contributed by atoms with Crippen molar-refractivity contribution < 1.29 is 14.3 Å². The number of nitrogens with zero attached hydrogens (tertiary/aromatic N) is 4. The fraction of sp³-hybridized carbons (Fsp3) is 0.522. The van der Waals surface area contributed by atoms with Crippen LogP contribution in [0.5, 0.6) is 0 Å². The van der Waals surface area contributed by atoms with Crippen LogP contribution in [0, 0.1) is 12.8 Å². The summed E-state index contributed by atoms with van der Waals surface area (Å²) in [6, 6.07) is 0. The van der Waals surface area contributed by atoms with E-state index in [2.05, 4.69) is 17.2 Å². The van der Waals surface area contributed by atoms with Crippen molar-refractivity contribution in [3.63, 3.8) is 0 Å². The van der Waals surface area contributed by atoms with Gasteiger partial charge < -0.3 is 15.0 Å². The molecule has 34 heavy (non-hydrogen) atoms. The third-order valence-electron chi connectivity index (χ3n) is 5.76. The number of rotatable bonds is 7. The first-order valence-electron chi connectivity index (χ1n) is 11.3. The van der Waals surface area contributed by atoms with Gasteiger partial charge in [0.2, 0.25) is 5.91 Å². The van der Waals surface area contributed by atoms with E-state index in [9.17, 15) is 14.4 Å². The van der Waals surface area contributed by atoms with Crippen molar-refractivity contribution in [1.29, 1.82) is 0 Å². The van der Waals surface area contributed by atoms with Crippen LogP contribution in [0.15, 0.2) is 4.79 Å². The summed E-state index contributed by atoms with van der Waals surface area (Å²) in [7, 11) is 3.80. The van der Waals surface area contributed by atoms with Crippen LogP contribution in [0.1, 0.15) is 51.9 Å². The summed E-state index contributed by atoms with van der Waals surface area (Å²) in [6.45, 7) is 6.16. The van der Waals surface area contributed by atoms with Crippen LogP contribution in [0.2, 0.25) is 0 Å². The number of esters is 1. The monoisotopic (exact) mass is 503 g/mol. The molecular weight excluding hydrogens is 474 g/mol. The summed E-state index contributed by atoms with van der Waals surface area (Å²) in [4.78, 5) is 52.0. The van der Waals surface area contributed by atoms with Crippen LogP contribution in [0.4, 0.5) is 5.13 Å². The molecule has 1 amide bonds. The maximum absolute atomic E-state index is 13.6. The number of carbonyl (C=O) groups excluding carboxylic acids is 2. The molecule has 9 nitrogen and oxygen atoms in total. The van der Waals surface area contributed by atoms with E-state index in [0.717, 1.165) is 41.0 Å². The average molecular weight is 504 g/mol. The van der Waals surface area contributed by atoms with E-state index >= 15 is 0 Å². The molecule has 4 rings (SSSR count). The minimum absolute atomic E-state index is 0.174. The number of carbonyl (C=O) groups is 2. The first-order chi connectivity index (χ1) is 16.2. The first-order valence-corrected chi connectivity index (χ1v) is 12.9. The number of ether oxygens (including phenoxy) is 1. The van der Waals surface area contributed by atoms with E-state index in [1.54, 1.807) is 25.2 Å². The number of aryl methyl sites for hydroxylation is 2. The Balaban J connectivity index is 1.66. The third-order valence-corrected chi connectivity index (χ3v) is 7.96. The van der Waals surface area contributed by atoms with Crippen molar-refractivity contribution in [3.05, 3.63) is 37.2 Å². The van der Waals surface area contributed by atoms with Gasteiger partial charge in [-0.2, -0.15) is 0 Å². The molecule has 0 saturated heterocycles. The zero-order chi connectivity index (χ0) is 24.6. The Bertz CT molecular complexity index is 1310. The minimum Gasteiger partial charge on any atom is -0.462 e. The standard InChI is InChI=1S/C23H29N5O4S2/c1-6-32-22(31)19-13(3)24-23(34-19)26-17(29)11-28-16(10-27(4)5)25-20-18(21(28)30)14-8-7-12(2)9-15(14)33-20/h12H,6-11H2,1-5H3,(H,24,26,29). The zero-order valence-electron chi connectivity index (χ0n) is 20.1. The molecule has 1 aliphatic rings. The molecule has 0 bridgehead atoms. The minimum atomic E-state index is -0.464. The molecule has 0 aromatic carbocycles.